The van der Waals surface area contributed by atoms with Gasteiger partial charge in [0, 0.05) is 37.5 Å². The van der Waals surface area contributed by atoms with Crippen LogP contribution in [0.1, 0.15) is 29.8 Å². The first kappa shape index (κ1) is 15.0. The number of amides is 1. The molecule has 1 aliphatic carbocycles. The van der Waals surface area contributed by atoms with Crippen LogP contribution in [0.4, 0.5) is 0 Å². The Morgan fingerprint density at radius 2 is 2.20 bits per heavy atom. The van der Waals surface area contributed by atoms with Gasteiger partial charge in [0.25, 0.3) is 0 Å². The van der Waals surface area contributed by atoms with E-state index < -0.39 is 0 Å². The van der Waals surface area contributed by atoms with Crippen LogP contribution in [0.2, 0.25) is 0 Å². The summed E-state index contributed by atoms with van der Waals surface area (Å²) >= 11 is 0. The number of nitrogens with one attached hydrogen (secondary N) is 2. The molecule has 2 rings (SSSR count). The van der Waals surface area contributed by atoms with Crippen LogP contribution in [0.3, 0.4) is 0 Å². The molecule has 6 nitrogen and oxygen atoms in total. The second-order valence-corrected chi connectivity index (χ2v) is 5.32. The Hall–Kier alpha value is -1.40. The van der Waals surface area contributed by atoms with E-state index in [1.54, 1.807) is 11.8 Å². The standard InChI is InChI=1S/C14H24N4O2/c1-10-13(8-15-6-7-20-3)11(2)18(17-10)9-14(19)16-12-4-5-12/h12,15H,4-9H2,1-3H3,(H,16,19). The molecule has 1 aromatic rings. The highest BCUT2D eigenvalue weighted by Crippen LogP contribution is 2.18. The van der Waals surface area contributed by atoms with E-state index in [9.17, 15) is 4.79 Å². The molecule has 0 aromatic carbocycles. The third-order valence-corrected chi connectivity index (χ3v) is 3.55. The summed E-state index contributed by atoms with van der Waals surface area (Å²) in [6, 6.07) is 0.398. The lowest BCUT2D eigenvalue weighted by molar-refractivity contribution is -0.122. The summed E-state index contributed by atoms with van der Waals surface area (Å²) in [5.74, 6) is 0.0528. The second-order valence-electron chi connectivity index (χ2n) is 5.32. The minimum atomic E-state index is 0.0528. The van der Waals surface area contributed by atoms with E-state index >= 15 is 0 Å². The van der Waals surface area contributed by atoms with Gasteiger partial charge in [-0.05, 0) is 26.7 Å². The zero-order valence-electron chi connectivity index (χ0n) is 12.5. The second kappa shape index (κ2) is 6.85. The minimum absolute atomic E-state index is 0.0528. The number of methoxy groups -OCH3 is 1. The van der Waals surface area contributed by atoms with E-state index in [4.69, 9.17) is 4.74 Å². The molecule has 1 aliphatic rings. The Balaban J connectivity index is 1.90. The molecule has 1 amide bonds. The molecule has 1 saturated carbocycles. The van der Waals surface area contributed by atoms with Gasteiger partial charge < -0.3 is 15.4 Å². The van der Waals surface area contributed by atoms with Gasteiger partial charge in [0.1, 0.15) is 6.54 Å². The van der Waals surface area contributed by atoms with Crippen LogP contribution in [0, 0.1) is 13.8 Å². The van der Waals surface area contributed by atoms with Gasteiger partial charge in [0.2, 0.25) is 5.91 Å². The van der Waals surface area contributed by atoms with E-state index in [0.717, 1.165) is 37.3 Å². The van der Waals surface area contributed by atoms with Crippen molar-refractivity contribution >= 4 is 5.91 Å². The monoisotopic (exact) mass is 280 g/mol. The molecule has 0 spiro atoms. The summed E-state index contributed by atoms with van der Waals surface area (Å²) in [6.07, 6.45) is 2.22. The molecular formula is C14H24N4O2. The van der Waals surface area contributed by atoms with Crippen molar-refractivity contribution in [2.45, 2.75) is 45.8 Å². The molecule has 112 valence electrons. The van der Waals surface area contributed by atoms with Gasteiger partial charge in [-0.2, -0.15) is 5.10 Å². The van der Waals surface area contributed by atoms with Crippen LogP contribution in [0.25, 0.3) is 0 Å². The first-order chi connectivity index (χ1) is 9.61. The SMILES string of the molecule is COCCNCc1c(C)nn(CC(=O)NC2CC2)c1C. The van der Waals surface area contributed by atoms with Gasteiger partial charge >= 0.3 is 0 Å². The fourth-order valence-corrected chi connectivity index (χ4v) is 2.17. The molecular weight excluding hydrogens is 256 g/mol. The maximum absolute atomic E-state index is 11.8. The summed E-state index contributed by atoms with van der Waals surface area (Å²) in [4.78, 5) is 11.8. The average Bonchev–Trinajstić information content (AvgIpc) is 3.16. The van der Waals surface area contributed by atoms with Crippen molar-refractivity contribution < 1.29 is 9.53 Å². The first-order valence-corrected chi connectivity index (χ1v) is 7.13. The maximum Gasteiger partial charge on any atom is 0.241 e. The number of aromatic nitrogens is 2. The average molecular weight is 280 g/mol. The molecule has 0 aliphatic heterocycles. The van der Waals surface area contributed by atoms with Crippen LogP contribution >= 0.6 is 0 Å². The lowest BCUT2D eigenvalue weighted by Gasteiger charge is -2.07. The smallest absolute Gasteiger partial charge is 0.241 e. The molecule has 1 heterocycles. The van der Waals surface area contributed by atoms with Crippen molar-refractivity contribution in [1.82, 2.24) is 20.4 Å². The van der Waals surface area contributed by atoms with Crippen LogP contribution < -0.4 is 10.6 Å². The van der Waals surface area contributed by atoms with Gasteiger partial charge in [0.05, 0.1) is 12.3 Å². The molecule has 2 N–H and O–H groups in total. The number of nitrogens with zero attached hydrogens (tertiary/aromatic N) is 2. The quantitative estimate of drug-likeness (QED) is 0.681. The topological polar surface area (TPSA) is 68.2 Å². The van der Waals surface area contributed by atoms with Gasteiger partial charge in [-0.25, -0.2) is 0 Å². The van der Waals surface area contributed by atoms with Gasteiger partial charge in [0.15, 0.2) is 0 Å². The molecule has 1 fully saturated rings. The van der Waals surface area contributed by atoms with E-state index in [0.29, 0.717) is 19.2 Å². The highest BCUT2D eigenvalue weighted by Gasteiger charge is 2.23. The van der Waals surface area contributed by atoms with E-state index in [1.807, 2.05) is 13.8 Å². The predicted molar refractivity (Wildman–Crippen MR) is 76.4 cm³/mol. The summed E-state index contributed by atoms with van der Waals surface area (Å²) in [5, 5.41) is 10.8. The van der Waals surface area contributed by atoms with Gasteiger partial charge in [-0.3, -0.25) is 9.48 Å². The maximum atomic E-state index is 11.8. The summed E-state index contributed by atoms with van der Waals surface area (Å²) < 4.78 is 6.80. The number of ether oxygens (including phenoxy) is 1. The van der Waals surface area contributed by atoms with Crippen molar-refractivity contribution in [3.63, 3.8) is 0 Å². The fourth-order valence-electron chi connectivity index (χ4n) is 2.17. The van der Waals surface area contributed by atoms with Crippen molar-refractivity contribution in [1.29, 1.82) is 0 Å². The third kappa shape index (κ3) is 4.05. The Labute approximate surface area is 119 Å². The molecule has 1 aromatic heterocycles. The lowest BCUT2D eigenvalue weighted by Crippen LogP contribution is -2.30. The summed E-state index contributed by atoms with van der Waals surface area (Å²) in [5.41, 5.74) is 3.20. The van der Waals surface area contributed by atoms with Crippen molar-refractivity contribution in [2.24, 2.45) is 0 Å². The minimum Gasteiger partial charge on any atom is -0.383 e. The van der Waals surface area contributed by atoms with E-state index in [1.165, 1.54) is 5.56 Å². The largest absolute Gasteiger partial charge is 0.383 e. The van der Waals surface area contributed by atoms with Crippen molar-refractivity contribution in [3.05, 3.63) is 17.0 Å². The molecule has 0 bridgehead atoms. The number of carbonyl (C=O) groups excluding carboxylic acids is 1. The molecule has 6 heteroatoms. The van der Waals surface area contributed by atoms with Crippen LogP contribution in [-0.4, -0.2) is 42.0 Å². The third-order valence-electron chi connectivity index (χ3n) is 3.55. The van der Waals surface area contributed by atoms with Crippen LogP contribution in [0.5, 0.6) is 0 Å². The highest BCUT2D eigenvalue weighted by molar-refractivity contribution is 5.76. The molecule has 0 atom stereocenters. The van der Waals surface area contributed by atoms with Gasteiger partial charge in [-0.1, -0.05) is 0 Å². The van der Waals surface area contributed by atoms with Gasteiger partial charge in [-0.15, -0.1) is 0 Å². The first-order valence-electron chi connectivity index (χ1n) is 7.13. The summed E-state index contributed by atoms with van der Waals surface area (Å²) in [7, 11) is 1.69. The number of hydrogen-bond acceptors (Lipinski definition) is 4. The molecule has 0 saturated heterocycles. The number of rotatable bonds is 8. The highest BCUT2D eigenvalue weighted by atomic mass is 16.5. The van der Waals surface area contributed by atoms with E-state index in [2.05, 4.69) is 15.7 Å². The number of aryl methyl sites for hydroxylation is 1. The zero-order chi connectivity index (χ0) is 14.5. The zero-order valence-corrected chi connectivity index (χ0v) is 12.5. The molecule has 0 unspecified atom stereocenters. The normalized spacial score (nSPS) is 14.6. The Morgan fingerprint density at radius 3 is 2.85 bits per heavy atom. The number of carbonyl (C=O) groups is 1. The number of hydrogen-bond donors (Lipinski definition) is 2. The lowest BCUT2D eigenvalue weighted by atomic mass is 10.2. The van der Waals surface area contributed by atoms with Crippen LogP contribution in [0.15, 0.2) is 0 Å². The fraction of sp³-hybridized carbons (Fsp3) is 0.714. The Bertz CT molecular complexity index is 466. The van der Waals surface area contributed by atoms with Crippen molar-refractivity contribution in [2.75, 3.05) is 20.3 Å². The molecule has 0 radical (unpaired) electrons. The summed E-state index contributed by atoms with van der Waals surface area (Å²) in [6.45, 7) is 6.55. The van der Waals surface area contributed by atoms with Crippen molar-refractivity contribution in [3.8, 4) is 0 Å². The predicted octanol–water partition coefficient (Wildman–Crippen LogP) is 0.515. The Kier molecular flexibility index (Phi) is 5.14. The van der Waals surface area contributed by atoms with E-state index in [-0.39, 0.29) is 5.91 Å². The van der Waals surface area contributed by atoms with Crippen LogP contribution in [-0.2, 0) is 22.6 Å². The molecule has 20 heavy (non-hydrogen) atoms. The Morgan fingerprint density at radius 1 is 1.45 bits per heavy atom.